The van der Waals surface area contributed by atoms with Gasteiger partial charge in [-0.25, -0.2) is 4.79 Å². The van der Waals surface area contributed by atoms with Crippen LogP contribution in [0.2, 0.25) is 0 Å². The first-order valence-corrected chi connectivity index (χ1v) is 13.0. The van der Waals surface area contributed by atoms with E-state index < -0.39 is 28.7 Å². The fraction of sp³-hybridized carbons (Fsp3) is 0.615. The van der Waals surface area contributed by atoms with Gasteiger partial charge in [-0.05, 0) is 91.1 Å². The Morgan fingerprint density at radius 2 is 1.89 bits per heavy atom. The van der Waals surface area contributed by atoms with Crippen LogP contribution in [0.25, 0.3) is 0 Å². The second-order valence-corrected chi connectivity index (χ2v) is 11.9. The number of amides is 2. The van der Waals surface area contributed by atoms with Crippen molar-refractivity contribution in [2.24, 2.45) is 5.41 Å². The number of aryl methyl sites for hydroxylation is 2. The third kappa shape index (κ3) is 5.69. The summed E-state index contributed by atoms with van der Waals surface area (Å²) in [6.07, 6.45) is -2.30. The minimum Gasteiger partial charge on any atom is -0.336 e. The molecule has 1 saturated heterocycles. The summed E-state index contributed by atoms with van der Waals surface area (Å²) in [7, 11) is 0. The number of nitrogens with one attached hydrogen (secondary N) is 2. The van der Waals surface area contributed by atoms with Crippen LogP contribution in [0.15, 0.2) is 30.5 Å². The van der Waals surface area contributed by atoms with Crippen LogP contribution in [-0.2, 0) is 12.0 Å². The van der Waals surface area contributed by atoms with E-state index in [2.05, 4.69) is 15.6 Å². The van der Waals surface area contributed by atoms with Crippen LogP contribution in [-0.4, -0.2) is 46.8 Å². The molecule has 2 aromatic heterocycles. The fourth-order valence-corrected chi connectivity index (χ4v) is 5.83. The first-order valence-electron chi connectivity index (χ1n) is 12.2. The molecule has 0 aliphatic carbocycles. The van der Waals surface area contributed by atoms with Gasteiger partial charge in [0.15, 0.2) is 5.13 Å². The van der Waals surface area contributed by atoms with E-state index in [1.165, 1.54) is 6.07 Å². The number of carbonyl (C=O) groups is 1. The smallest absolute Gasteiger partial charge is 0.336 e. The Labute approximate surface area is 214 Å². The van der Waals surface area contributed by atoms with Crippen molar-refractivity contribution in [2.45, 2.75) is 84.1 Å². The van der Waals surface area contributed by atoms with Gasteiger partial charge in [0.2, 0.25) is 0 Å². The topological polar surface area (TPSA) is 57.3 Å². The molecule has 3 rings (SSSR count). The Hall–Kier alpha value is -2.20. The van der Waals surface area contributed by atoms with Gasteiger partial charge in [0.05, 0.1) is 0 Å². The summed E-state index contributed by atoms with van der Waals surface area (Å²) in [5, 5.41) is 4.50. The van der Waals surface area contributed by atoms with Crippen LogP contribution in [0.5, 0.6) is 0 Å². The van der Waals surface area contributed by atoms with E-state index in [1.54, 1.807) is 26.1 Å². The van der Waals surface area contributed by atoms with E-state index in [9.17, 15) is 22.4 Å². The average molecular weight is 529 g/mol. The van der Waals surface area contributed by atoms with Crippen LogP contribution in [0, 0.1) is 17.5 Å². The van der Waals surface area contributed by atoms with Gasteiger partial charge in [-0.1, -0.05) is 6.07 Å². The van der Waals surface area contributed by atoms with E-state index in [0.29, 0.717) is 11.4 Å². The van der Waals surface area contributed by atoms with Crippen molar-refractivity contribution in [3.63, 3.8) is 0 Å². The average Bonchev–Trinajstić information content (AvgIpc) is 3.38. The van der Waals surface area contributed by atoms with Crippen LogP contribution in [0.3, 0.4) is 0 Å². The highest BCUT2D eigenvalue weighted by Crippen LogP contribution is 2.53. The molecular weight excluding hydrogens is 492 g/mol. The quantitative estimate of drug-likeness (QED) is 0.403. The first kappa shape index (κ1) is 28.4. The Balaban J connectivity index is 2.01. The Bertz CT molecular complexity index is 1050. The molecule has 2 aromatic rings. The first-order chi connectivity index (χ1) is 16.6. The highest BCUT2D eigenvalue weighted by atomic mass is 32.1. The predicted molar refractivity (Wildman–Crippen MR) is 134 cm³/mol. The van der Waals surface area contributed by atoms with E-state index in [1.807, 2.05) is 37.8 Å². The number of aromatic nitrogens is 1. The van der Waals surface area contributed by atoms with Gasteiger partial charge in [-0.15, -0.1) is 11.3 Å². The largest absolute Gasteiger partial charge is 0.411 e. The highest BCUT2D eigenvalue weighted by molar-refractivity contribution is 7.10. The van der Waals surface area contributed by atoms with E-state index >= 15 is 0 Å². The van der Waals surface area contributed by atoms with Crippen molar-refractivity contribution in [2.75, 3.05) is 13.1 Å². The van der Waals surface area contributed by atoms with Crippen LogP contribution < -0.4 is 10.6 Å². The van der Waals surface area contributed by atoms with E-state index in [-0.39, 0.29) is 37.0 Å². The van der Waals surface area contributed by atoms with Crippen molar-refractivity contribution >= 4 is 17.4 Å². The molecule has 3 heterocycles. The molecule has 5 nitrogen and oxygen atoms in total. The molecule has 0 saturated carbocycles. The summed E-state index contributed by atoms with van der Waals surface area (Å²) in [5.41, 5.74) is -2.66. The summed E-state index contributed by atoms with van der Waals surface area (Å²) in [5.74, 6) is 0. The van der Waals surface area contributed by atoms with Crippen molar-refractivity contribution in [1.82, 2.24) is 20.5 Å². The Morgan fingerprint density at radius 3 is 2.42 bits per heavy atom. The molecule has 1 aliphatic heterocycles. The van der Waals surface area contributed by atoms with Gasteiger partial charge < -0.3 is 10.6 Å². The maximum absolute atomic E-state index is 14.9. The number of hydrogen-bond donors (Lipinski definition) is 2. The minimum atomic E-state index is -4.71. The van der Waals surface area contributed by atoms with Crippen molar-refractivity contribution < 1.29 is 22.4 Å². The highest BCUT2D eigenvalue weighted by Gasteiger charge is 2.66. The Morgan fingerprint density at radius 1 is 1.19 bits per heavy atom. The lowest BCUT2D eigenvalue weighted by Crippen LogP contribution is -2.69. The molecule has 10 heteroatoms. The van der Waals surface area contributed by atoms with Crippen molar-refractivity contribution in [3.8, 4) is 0 Å². The summed E-state index contributed by atoms with van der Waals surface area (Å²) in [4.78, 5) is 19.7. The number of nitrogens with zero attached hydrogens (tertiary/aromatic N) is 2. The summed E-state index contributed by atoms with van der Waals surface area (Å²) in [6, 6.07) is 5.62. The second kappa shape index (κ2) is 10.3. The molecule has 1 aliphatic rings. The minimum absolute atomic E-state index is 0.111. The van der Waals surface area contributed by atoms with Gasteiger partial charge in [-0.2, -0.15) is 17.6 Å². The number of pyridine rings is 1. The second-order valence-electron chi connectivity index (χ2n) is 10.8. The molecule has 36 heavy (non-hydrogen) atoms. The maximum atomic E-state index is 14.9. The molecule has 0 radical (unpaired) electrons. The van der Waals surface area contributed by atoms with Gasteiger partial charge in [0, 0.05) is 40.3 Å². The van der Waals surface area contributed by atoms with Crippen molar-refractivity contribution in [1.29, 1.82) is 0 Å². The molecule has 0 aromatic carbocycles. The number of likely N-dealkylation sites (tertiary alicyclic amines) is 1. The summed E-state index contributed by atoms with van der Waals surface area (Å²) in [6.45, 7) is 10.8. The fourth-order valence-electron chi connectivity index (χ4n) is 5.10. The van der Waals surface area contributed by atoms with Crippen LogP contribution >= 0.6 is 11.3 Å². The number of thiophene rings is 1. The number of carbonyl (C=O) groups excluding carboxylic acids is 1. The number of halogens is 4. The molecular formula is C26H36F4N4OS. The van der Waals surface area contributed by atoms with Gasteiger partial charge in [0.25, 0.3) is 0 Å². The Kier molecular flexibility index (Phi) is 8.10. The number of urea groups is 1. The number of rotatable bonds is 8. The predicted octanol–water partition coefficient (Wildman–Crippen LogP) is 6.18. The van der Waals surface area contributed by atoms with Crippen LogP contribution in [0.1, 0.15) is 63.6 Å². The lowest BCUT2D eigenvalue weighted by atomic mass is 9.66. The SMILES string of the molecule is Cc1ccc(C(C)(C)N2CC[C@@](CCc3ccc(F)s3)(C(C)(NC(=O)NC(C)C)C(F)(F)F)C2)cn1. The van der Waals surface area contributed by atoms with Gasteiger partial charge in [0.1, 0.15) is 5.54 Å². The lowest BCUT2D eigenvalue weighted by molar-refractivity contribution is -0.223. The van der Waals surface area contributed by atoms with Gasteiger partial charge in [-0.3, -0.25) is 9.88 Å². The molecule has 200 valence electrons. The zero-order chi connectivity index (χ0) is 26.9. The molecule has 2 N–H and O–H groups in total. The van der Waals surface area contributed by atoms with Gasteiger partial charge >= 0.3 is 12.2 Å². The zero-order valence-corrected chi connectivity index (χ0v) is 22.5. The normalized spacial score (nSPS) is 21.0. The lowest BCUT2D eigenvalue weighted by Gasteiger charge is -2.49. The molecule has 2 amide bonds. The standard InChI is InChI=1S/C26H36F4N4OS/c1-17(2)32-22(35)33-24(6,26(28,29)30)25(12-11-20-9-10-21(27)36-20)13-14-34(16-25)23(4,5)19-8-7-18(3)31-15-19/h7-10,15,17H,11-14,16H2,1-6H3,(H2,32,33,35)/t24?,25-/m1/s1. The van der Waals surface area contributed by atoms with E-state index in [4.69, 9.17) is 0 Å². The maximum Gasteiger partial charge on any atom is 0.411 e. The third-order valence-electron chi connectivity index (χ3n) is 7.65. The molecule has 0 spiro atoms. The number of hydrogen-bond acceptors (Lipinski definition) is 4. The van der Waals surface area contributed by atoms with Crippen LogP contribution in [0.4, 0.5) is 22.4 Å². The molecule has 1 fully saturated rings. The zero-order valence-electron chi connectivity index (χ0n) is 21.7. The molecule has 1 unspecified atom stereocenters. The summed E-state index contributed by atoms with van der Waals surface area (Å²) >= 11 is 0.945. The number of alkyl halides is 3. The summed E-state index contributed by atoms with van der Waals surface area (Å²) < 4.78 is 58.3. The third-order valence-corrected chi connectivity index (χ3v) is 8.59. The monoisotopic (exact) mass is 528 g/mol. The van der Waals surface area contributed by atoms with Crippen molar-refractivity contribution in [3.05, 3.63) is 51.7 Å². The molecule has 2 atom stereocenters. The molecule has 0 bridgehead atoms. The van der Waals surface area contributed by atoms with E-state index in [0.717, 1.165) is 29.5 Å².